The number of hydrogen-bond donors (Lipinski definition) is 1. The molecule has 0 spiro atoms. The Morgan fingerprint density at radius 1 is 1.11 bits per heavy atom. The van der Waals surface area contributed by atoms with Gasteiger partial charge in [-0.2, -0.15) is 5.10 Å². The zero-order valence-electron chi connectivity index (χ0n) is 15.0. The predicted octanol–water partition coefficient (Wildman–Crippen LogP) is 4.22. The molecule has 6 nitrogen and oxygen atoms in total. The van der Waals surface area contributed by atoms with Gasteiger partial charge in [0.05, 0.1) is 16.1 Å². The van der Waals surface area contributed by atoms with E-state index in [9.17, 15) is 18.3 Å². The molecule has 3 aromatic rings. The minimum absolute atomic E-state index is 0.00940. The van der Waals surface area contributed by atoms with Gasteiger partial charge in [-0.25, -0.2) is 13.1 Å². The van der Waals surface area contributed by atoms with E-state index < -0.39 is 15.6 Å². The van der Waals surface area contributed by atoms with Crippen molar-refractivity contribution < 1.29 is 18.3 Å². The van der Waals surface area contributed by atoms with Gasteiger partial charge in [-0.3, -0.25) is 4.79 Å². The number of aromatic nitrogens is 2. The van der Waals surface area contributed by atoms with Crippen molar-refractivity contribution >= 4 is 38.8 Å². The molecule has 146 valence electrons. The van der Waals surface area contributed by atoms with E-state index in [1.165, 1.54) is 23.0 Å². The molecule has 0 bridgehead atoms. The van der Waals surface area contributed by atoms with Crippen LogP contribution in [0.15, 0.2) is 47.5 Å². The van der Waals surface area contributed by atoms with Crippen molar-refractivity contribution in [1.82, 2.24) is 9.78 Å². The van der Waals surface area contributed by atoms with Crippen LogP contribution in [-0.2, 0) is 16.4 Å². The number of benzene rings is 2. The normalized spacial score (nSPS) is 11.6. The SMILES string of the molecule is CCn1ncc(C(=O)c2ccc(S(C)(=O)=O)c(-c3ccc(Cl)cc3)c2Cl)c1O. The molecule has 0 aliphatic heterocycles. The highest BCUT2D eigenvalue weighted by atomic mass is 35.5. The Morgan fingerprint density at radius 2 is 1.75 bits per heavy atom. The quantitative estimate of drug-likeness (QED) is 0.602. The maximum atomic E-state index is 12.9. The third kappa shape index (κ3) is 3.65. The second kappa shape index (κ2) is 7.58. The van der Waals surface area contributed by atoms with Gasteiger partial charge in [-0.15, -0.1) is 0 Å². The van der Waals surface area contributed by atoms with E-state index >= 15 is 0 Å². The largest absolute Gasteiger partial charge is 0.493 e. The molecular formula is C19H16Cl2N2O4S. The van der Waals surface area contributed by atoms with Crippen LogP contribution in [0, 0.1) is 0 Å². The first-order valence-electron chi connectivity index (χ1n) is 8.23. The molecule has 0 saturated carbocycles. The smallest absolute Gasteiger partial charge is 0.220 e. The molecule has 0 unspecified atom stereocenters. The van der Waals surface area contributed by atoms with E-state index in [1.807, 2.05) is 0 Å². The molecule has 0 aliphatic rings. The molecule has 0 fully saturated rings. The summed E-state index contributed by atoms with van der Waals surface area (Å²) in [7, 11) is -3.62. The maximum absolute atomic E-state index is 12.9. The standard InChI is InChI=1S/C19H16Cl2N2O4S/c1-3-23-19(25)14(10-22-23)18(24)13-8-9-15(28(2,26)27)16(17(13)21)11-4-6-12(20)7-5-11/h4-10,25H,3H2,1-2H3. The fourth-order valence-electron chi connectivity index (χ4n) is 2.84. The lowest BCUT2D eigenvalue weighted by Gasteiger charge is -2.14. The van der Waals surface area contributed by atoms with Gasteiger partial charge in [0.25, 0.3) is 0 Å². The third-order valence-electron chi connectivity index (χ3n) is 4.24. The van der Waals surface area contributed by atoms with Crippen molar-refractivity contribution in [3.63, 3.8) is 0 Å². The average Bonchev–Trinajstić information content (AvgIpc) is 3.01. The third-order valence-corrected chi connectivity index (χ3v) is 6.02. The minimum Gasteiger partial charge on any atom is -0.493 e. The molecule has 1 heterocycles. The first-order chi connectivity index (χ1) is 13.1. The van der Waals surface area contributed by atoms with Crippen LogP contribution >= 0.6 is 23.2 Å². The highest BCUT2D eigenvalue weighted by Gasteiger charge is 2.26. The Balaban J connectivity index is 2.24. The summed E-state index contributed by atoms with van der Waals surface area (Å²) < 4.78 is 25.8. The summed E-state index contributed by atoms with van der Waals surface area (Å²) in [5.74, 6) is -0.832. The number of nitrogens with zero attached hydrogens (tertiary/aromatic N) is 2. The average molecular weight is 439 g/mol. The molecule has 0 aliphatic carbocycles. The van der Waals surface area contributed by atoms with Crippen LogP contribution in [0.1, 0.15) is 22.8 Å². The molecule has 2 aromatic carbocycles. The van der Waals surface area contributed by atoms with Crippen LogP contribution < -0.4 is 0 Å². The zero-order chi connectivity index (χ0) is 20.6. The Labute approximate surface area is 172 Å². The number of rotatable bonds is 5. The molecule has 1 N–H and O–H groups in total. The molecule has 3 rings (SSSR count). The van der Waals surface area contributed by atoms with Gasteiger partial charge in [0.15, 0.2) is 9.84 Å². The van der Waals surface area contributed by atoms with E-state index in [1.54, 1.807) is 31.2 Å². The Bertz CT molecular complexity index is 1170. The molecule has 1 aromatic heterocycles. The van der Waals surface area contributed by atoms with Crippen LogP contribution in [0.3, 0.4) is 0 Å². The zero-order valence-corrected chi connectivity index (χ0v) is 17.3. The molecule has 9 heteroatoms. The molecule has 28 heavy (non-hydrogen) atoms. The lowest BCUT2D eigenvalue weighted by molar-refractivity contribution is 0.103. The molecule has 0 amide bonds. The van der Waals surface area contributed by atoms with E-state index in [0.717, 1.165) is 6.26 Å². The second-order valence-corrected chi connectivity index (χ2v) is 8.90. The van der Waals surface area contributed by atoms with Crippen molar-refractivity contribution in [2.24, 2.45) is 0 Å². The minimum atomic E-state index is -3.62. The molecule has 0 saturated heterocycles. The summed E-state index contributed by atoms with van der Waals surface area (Å²) in [6.07, 6.45) is 2.32. The number of ketones is 1. The number of carbonyl (C=O) groups is 1. The summed E-state index contributed by atoms with van der Waals surface area (Å²) in [5.41, 5.74) is 0.745. The number of halogens is 2. The van der Waals surface area contributed by atoms with Crippen molar-refractivity contribution in [1.29, 1.82) is 0 Å². The fraction of sp³-hybridized carbons (Fsp3) is 0.158. The van der Waals surface area contributed by atoms with Gasteiger partial charge in [0.2, 0.25) is 11.7 Å². The summed E-state index contributed by atoms with van der Waals surface area (Å²) in [6.45, 7) is 2.16. The summed E-state index contributed by atoms with van der Waals surface area (Å²) >= 11 is 12.4. The number of aryl methyl sites for hydroxylation is 1. The van der Waals surface area contributed by atoms with Crippen LogP contribution in [-0.4, -0.2) is 35.3 Å². The van der Waals surface area contributed by atoms with Gasteiger partial charge in [0, 0.05) is 29.0 Å². The highest BCUT2D eigenvalue weighted by molar-refractivity contribution is 7.90. The summed E-state index contributed by atoms with van der Waals surface area (Å²) in [6, 6.07) is 9.12. The summed E-state index contributed by atoms with van der Waals surface area (Å²) in [4.78, 5) is 12.9. The Hall–Kier alpha value is -2.35. The maximum Gasteiger partial charge on any atom is 0.220 e. The van der Waals surface area contributed by atoms with Gasteiger partial charge in [-0.05, 0) is 36.8 Å². The van der Waals surface area contributed by atoms with Crippen molar-refractivity contribution in [2.75, 3.05) is 6.26 Å². The first kappa shape index (κ1) is 20.4. The lowest BCUT2D eigenvalue weighted by atomic mass is 9.99. The van der Waals surface area contributed by atoms with Crippen molar-refractivity contribution in [2.45, 2.75) is 18.4 Å². The Kier molecular flexibility index (Phi) is 5.52. The number of sulfone groups is 1. The van der Waals surface area contributed by atoms with Crippen LogP contribution in [0.25, 0.3) is 11.1 Å². The predicted molar refractivity (Wildman–Crippen MR) is 108 cm³/mol. The van der Waals surface area contributed by atoms with Gasteiger partial charge < -0.3 is 5.11 Å². The topological polar surface area (TPSA) is 89.3 Å². The summed E-state index contributed by atoms with van der Waals surface area (Å²) in [5, 5.41) is 14.6. The second-order valence-electron chi connectivity index (χ2n) is 6.11. The molecular weight excluding hydrogens is 423 g/mol. The van der Waals surface area contributed by atoms with Gasteiger partial charge in [-0.1, -0.05) is 35.3 Å². The molecule has 0 radical (unpaired) electrons. The van der Waals surface area contributed by atoms with Crippen LogP contribution in [0.2, 0.25) is 10.0 Å². The van der Waals surface area contributed by atoms with Crippen LogP contribution in [0.4, 0.5) is 0 Å². The van der Waals surface area contributed by atoms with E-state index in [2.05, 4.69) is 5.10 Å². The molecule has 0 atom stereocenters. The number of aromatic hydroxyl groups is 1. The van der Waals surface area contributed by atoms with Crippen molar-refractivity contribution in [3.05, 3.63) is 63.8 Å². The highest BCUT2D eigenvalue weighted by Crippen LogP contribution is 2.38. The number of hydrogen-bond acceptors (Lipinski definition) is 5. The number of carbonyl (C=O) groups excluding carboxylic acids is 1. The van der Waals surface area contributed by atoms with Crippen LogP contribution in [0.5, 0.6) is 5.88 Å². The van der Waals surface area contributed by atoms with E-state index in [4.69, 9.17) is 23.2 Å². The van der Waals surface area contributed by atoms with E-state index in [-0.39, 0.29) is 32.5 Å². The lowest BCUT2D eigenvalue weighted by Crippen LogP contribution is -2.07. The van der Waals surface area contributed by atoms with Gasteiger partial charge >= 0.3 is 0 Å². The first-order valence-corrected chi connectivity index (χ1v) is 10.9. The monoisotopic (exact) mass is 438 g/mol. The van der Waals surface area contributed by atoms with Crippen molar-refractivity contribution in [3.8, 4) is 17.0 Å². The Morgan fingerprint density at radius 3 is 2.29 bits per heavy atom. The van der Waals surface area contributed by atoms with E-state index in [0.29, 0.717) is 17.1 Å². The van der Waals surface area contributed by atoms with Gasteiger partial charge in [0.1, 0.15) is 5.56 Å². The fourth-order valence-corrected chi connectivity index (χ4v) is 4.29.